The minimum Gasteiger partial charge on any atom is -0.497 e. The number of amides is 1. The van der Waals surface area contributed by atoms with Gasteiger partial charge in [-0.15, -0.1) is 23.7 Å². The van der Waals surface area contributed by atoms with Crippen molar-refractivity contribution in [2.45, 2.75) is 18.9 Å². The molecule has 0 saturated carbocycles. The summed E-state index contributed by atoms with van der Waals surface area (Å²) in [5, 5.41) is 4.14. The highest BCUT2D eigenvalue weighted by Gasteiger charge is 2.24. The van der Waals surface area contributed by atoms with Crippen LogP contribution in [0, 0.1) is 0 Å². The Labute approximate surface area is 152 Å². The highest BCUT2D eigenvalue weighted by molar-refractivity contribution is 7.16. The topological polar surface area (TPSA) is 54.5 Å². The van der Waals surface area contributed by atoms with Crippen molar-refractivity contribution in [3.63, 3.8) is 0 Å². The molecule has 0 aliphatic carbocycles. The molecule has 0 unspecified atom stereocenters. The molecule has 1 N–H and O–H groups in total. The zero-order valence-corrected chi connectivity index (χ0v) is 15.5. The number of hydrogen-bond acceptors (Lipinski definition) is 5. The summed E-state index contributed by atoms with van der Waals surface area (Å²) in [4.78, 5) is 19.6. The Balaban J connectivity index is 0.00000208. The van der Waals surface area contributed by atoms with Gasteiger partial charge in [0.1, 0.15) is 15.6 Å². The van der Waals surface area contributed by atoms with Gasteiger partial charge < -0.3 is 15.0 Å². The van der Waals surface area contributed by atoms with Crippen molar-refractivity contribution in [3.05, 3.63) is 35.3 Å². The largest absolute Gasteiger partial charge is 0.497 e. The second-order valence-corrected chi connectivity index (χ2v) is 6.64. The van der Waals surface area contributed by atoms with E-state index in [0.717, 1.165) is 42.3 Å². The second kappa shape index (κ2) is 8.46. The fourth-order valence-corrected chi connectivity index (χ4v) is 3.66. The number of methoxy groups -OCH3 is 1. The Morgan fingerprint density at radius 2 is 1.96 bits per heavy atom. The lowest BCUT2D eigenvalue weighted by molar-refractivity contribution is 0.0712. The maximum Gasteiger partial charge on any atom is 0.265 e. The van der Waals surface area contributed by atoms with Crippen LogP contribution in [0.1, 0.15) is 22.5 Å². The van der Waals surface area contributed by atoms with Gasteiger partial charge in [-0.25, -0.2) is 4.98 Å². The number of nitrogens with one attached hydrogen (secondary N) is 1. The average molecular weight is 368 g/mol. The van der Waals surface area contributed by atoms with Crippen LogP contribution in [-0.2, 0) is 0 Å². The first-order chi connectivity index (χ1) is 11.2. The fourth-order valence-electron chi connectivity index (χ4n) is 2.77. The first-order valence-corrected chi connectivity index (χ1v) is 8.59. The Morgan fingerprint density at radius 3 is 2.54 bits per heavy atom. The van der Waals surface area contributed by atoms with Crippen LogP contribution in [0.15, 0.2) is 30.5 Å². The molecule has 2 aromatic rings. The van der Waals surface area contributed by atoms with E-state index in [9.17, 15) is 4.79 Å². The summed E-state index contributed by atoms with van der Waals surface area (Å²) in [6, 6.07) is 8.26. The van der Waals surface area contributed by atoms with Gasteiger partial charge in [0.2, 0.25) is 0 Å². The van der Waals surface area contributed by atoms with Gasteiger partial charge in [-0.05, 0) is 44.2 Å². The highest BCUT2D eigenvalue weighted by atomic mass is 35.5. The summed E-state index contributed by atoms with van der Waals surface area (Å²) < 4.78 is 5.16. The lowest BCUT2D eigenvalue weighted by atomic mass is 10.1. The zero-order valence-electron chi connectivity index (χ0n) is 13.8. The van der Waals surface area contributed by atoms with Gasteiger partial charge in [0.15, 0.2) is 0 Å². The lowest BCUT2D eigenvalue weighted by Gasteiger charge is -2.31. The first kappa shape index (κ1) is 18.7. The van der Waals surface area contributed by atoms with Crippen molar-refractivity contribution < 1.29 is 9.53 Å². The molecule has 7 heteroatoms. The van der Waals surface area contributed by atoms with E-state index >= 15 is 0 Å². The molecular weight excluding hydrogens is 346 g/mol. The molecule has 2 heterocycles. The molecule has 1 aromatic carbocycles. The number of halogens is 1. The molecule has 0 radical (unpaired) electrons. The number of likely N-dealkylation sites (tertiary alicyclic amines) is 1. The van der Waals surface area contributed by atoms with Crippen molar-refractivity contribution >= 4 is 29.7 Å². The predicted molar refractivity (Wildman–Crippen MR) is 99.3 cm³/mol. The standard InChI is InChI=1S/C17H21N3O2S.ClH/c1-18-13-7-9-20(10-8-13)17(21)15-11-19-16(23-15)12-3-5-14(22-2)6-4-12;/h3-6,11,13,18H,7-10H2,1-2H3;1H. The van der Waals surface area contributed by atoms with Crippen molar-refractivity contribution in [2.24, 2.45) is 0 Å². The monoisotopic (exact) mass is 367 g/mol. The number of piperidine rings is 1. The number of aromatic nitrogens is 1. The van der Waals surface area contributed by atoms with Crippen molar-refractivity contribution in [3.8, 4) is 16.3 Å². The normalized spacial score (nSPS) is 15.0. The first-order valence-electron chi connectivity index (χ1n) is 7.78. The Hall–Kier alpha value is -1.63. The van der Waals surface area contributed by atoms with Crippen molar-refractivity contribution in [1.82, 2.24) is 15.2 Å². The molecule has 1 saturated heterocycles. The van der Waals surface area contributed by atoms with Gasteiger partial charge >= 0.3 is 0 Å². The number of nitrogens with zero attached hydrogens (tertiary/aromatic N) is 2. The fraction of sp³-hybridized carbons (Fsp3) is 0.412. The van der Waals surface area contributed by atoms with Gasteiger partial charge in [0.05, 0.1) is 13.3 Å². The number of carbonyl (C=O) groups is 1. The van der Waals surface area contributed by atoms with E-state index in [1.807, 2.05) is 36.2 Å². The van der Waals surface area contributed by atoms with Crippen LogP contribution in [-0.4, -0.2) is 49.1 Å². The molecule has 24 heavy (non-hydrogen) atoms. The third-order valence-corrected chi connectivity index (χ3v) is 5.28. The number of carbonyl (C=O) groups excluding carboxylic acids is 1. The van der Waals surface area contributed by atoms with Gasteiger partial charge in [-0.1, -0.05) is 0 Å². The molecule has 1 amide bonds. The number of thiazole rings is 1. The molecule has 0 spiro atoms. The maximum absolute atomic E-state index is 12.6. The maximum atomic E-state index is 12.6. The second-order valence-electron chi connectivity index (χ2n) is 5.61. The van der Waals surface area contributed by atoms with Gasteiger partial charge in [0, 0.05) is 24.7 Å². The Kier molecular flexibility index (Phi) is 6.60. The summed E-state index contributed by atoms with van der Waals surface area (Å²) in [6.45, 7) is 1.61. The number of rotatable bonds is 4. The molecule has 130 valence electrons. The van der Waals surface area contributed by atoms with E-state index in [2.05, 4.69) is 10.3 Å². The van der Waals surface area contributed by atoms with E-state index in [-0.39, 0.29) is 18.3 Å². The van der Waals surface area contributed by atoms with Crippen LogP contribution < -0.4 is 10.1 Å². The molecule has 1 aliphatic rings. The molecule has 3 rings (SSSR count). The van der Waals surface area contributed by atoms with Gasteiger partial charge in [-0.2, -0.15) is 0 Å². The predicted octanol–water partition coefficient (Wildman–Crippen LogP) is 3.06. The summed E-state index contributed by atoms with van der Waals surface area (Å²) in [5.41, 5.74) is 1.00. The van der Waals surface area contributed by atoms with Gasteiger partial charge in [0.25, 0.3) is 5.91 Å². The highest BCUT2D eigenvalue weighted by Crippen LogP contribution is 2.28. The minimum atomic E-state index is 0. The third kappa shape index (κ3) is 4.06. The Bertz CT molecular complexity index is 667. The van der Waals surface area contributed by atoms with Crippen LogP contribution in [0.25, 0.3) is 10.6 Å². The lowest BCUT2D eigenvalue weighted by Crippen LogP contribution is -2.43. The molecule has 5 nitrogen and oxygen atoms in total. The molecule has 1 fully saturated rings. The third-order valence-electron chi connectivity index (χ3n) is 4.24. The smallest absolute Gasteiger partial charge is 0.265 e. The van der Waals surface area contributed by atoms with Crippen molar-refractivity contribution in [1.29, 1.82) is 0 Å². The average Bonchev–Trinajstić information content (AvgIpc) is 3.11. The van der Waals surface area contributed by atoms with Crippen LogP contribution in [0.2, 0.25) is 0 Å². The minimum absolute atomic E-state index is 0. The van der Waals surface area contributed by atoms with Crippen LogP contribution in [0.5, 0.6) is 5.75 Å². The van der Waals surface area contributed by atoms with E-state index in [4.69, 9.17) is 4.74 Å². The van der Waals surface area contributed by atoms with E-state index in [1.54, 1.807) is 13.3 Å². The summed E-state index contributed by atoms with van der Waals surface area (Å²) in [6.07, 6.45) is 3.70. The SMILES string of the molecule is CNC1CCN(C(=O)c2cnc(-c3ccc(OC)cc3)s2)CC1.Cl. The number of ether oxygens (including phenoxy) is 1. The zero-order chi connectivity index (χ0) is 16.2. The van der Waals surface area contributed by atoms with Crippen LogP contribution >= 0.6 is 23.7 Å². The number of benzene rings is 1. The van der Waals surface area contributed by atoms with Crippen LogP contribution in [0.4, 0.5) is 0 Å². The molecule has 1 aliphatic heterocycles. The van der Waals surface area contributed by atoms with E-state index in [1.165, 1.54) is 11.3 Å². The van der Waals surface area contributed by atoms with Crippen molar-refractivity contribution in [2.75, 3.05) is 27.2 Å². The summed E-state index contributed by atoms with van der Waals surface area (Å²) >= 11 is 1.45. The quantitative estimate of drug-likeness (QED) is 0.902. The number of hydrogen-bond donors (Lipinski definition) is 1. The molecular formula is C17H22ClN3O2S. The van der Waals surface area contributed by atoms with Crippen LogP contribution in [0.3, 0.4) is 0 Å². The summed E-state index contributed by atoms with van der Waals surface area (Å²) in [7, 11) is 3.62. The Morgan fingerprint density at radius 1 is 1.29 bits per heavy atom. The molecule has 0 bridgehead atoms. The summed E-state index contributed by atoms with van der Waals surface area (Å²) in [5.74, 6) is 0.908. The molecule has 1 aromatic heterocycles. The van der Waals surface area contributed by atoms with E-state index < -0.39 is 0 Å². The van der Waals surface area contributed by atoms with E-state index in [0.29, 0.717) is 10.9 Å². The van der Waals surface area contributed by atoms with Gasteiger partial charge in [-0.3, -0.25) is 4.79 Å². The molecule has 0 atom stereocenters.